The maximum Gasteiger partial charge on any atom is 0.0594 e. The molecule has 4 saturated carbocycles. The summed E-state index contributed by atoms with van der Waals surface area (Å²) in [6, 6.07) is 0. The van der Waals surface area contributed by atoms with Crippen molar-refractivity contribution in [2.75, 3.05) is 0 Å². The van der Waals surface area contributed by atoms with Gasteiger partial charge in [0.1, 0.15) is 0 Å². The van der Waals surface area contributed by atoms with Gasteiger partial charge in [0.15, 0.2) is 0 Å². The molecule has 4 rings (SSSR count). The van der Waals surface area contributed by atoms with E-state index in [1.807, 2.05) is 0 Å². The van der Waals surface area contributed by atoms with E-state index in [4.69, 9.17) is 0 Å². The van der Waals surface area contributed by atoms with Gasteiger partial charge < -0.3 is 10.2 Å². The largest absolute Gasteiger partial charge is 0.393 e. The Morgan fingerprint density at radius 2 is 0.906 bits per heavy atom. The normalized spacial score (nSPS) is 52.7. The third-order valence-electron chi connectivity index (χ3n) is 12.7. The topological polar surface area (TPSA) is 40.5 Å². The zero-order chi connectivity index (χ0) is 23.7. The van der Waals surface area contributed by atoms with Crippen LogP contribution >= 0.6 is 0 Å². The Hall–Kier alpha value is -0.0800. The van der Waals surface area contributed by atoms with Gasteiger partial charge in [0.25, 0.3) is 0 Å². The molecule has 0 heterocycles. The monoisotopic (exact) mass is 446 g/mol. The van der Waals surface area contributed by atoms with Gasteiger partial charge in [-0.2, -0.15) is 0 Å². The molecule has 0 saturated heterocycles. The highest BCUT2D eigenvalue weighted by Gasteiger charge is 2.59. The summed E-state index contributed by atoms with van der Waals surface area (Å²) in [7, 11) is 0. The first-order chi connectivity index (χ1) is 14.8. The second-order valence-electron chi connectivity index (χ2n) is 14.8. The van der Waals surface area contributed by atoms with E-state index in [1.165, 1.54) is 51.4 Å². The van der Waals surface area contributed by atoms with Crippen molar-refractivity contribution in [2.24, 2.45) is 57.2 Å². The molecular weight excluding hydrogens is 392 g/mol. The van der Waals surface area contributed by atoms with E-state index >= 15 is 0 Å². The van der Waals surface area contributed by atoms with E-state index in [0.29, 0.717) is 22.7 Å². The molecule has 10 atom stereocenters. The lowest BCUT2D eigenvalue weighted by molar-refractivity contribution is -0.162. The summed E-state index contributed by atoms with van der Waals surface area (Å²) in [6.07, 6.45) is 12.1. The molecule has 4 fully saturated rings. The molecule has 0 aliphatic heterocycles. The van der Waals surface area contributed by atoms with Crippen LogP contribution in [0.1, 0.15) is 120 Å². The zero-order valence-corrected chi connectivity index (χ0v) is 22.6. The van der Waals surface area contributed by atoms with Crippen molar-refractivity contribution in [1.82, 2.24) is 0 Å². The Bertz CT molecular complexity index is 624. The van der Waals surface area contributed by atoms with Crippen molar-refractivity contribution in [3.05, 3.63) is 0 Å². The lowest BCUT2D eigenvalue weighted by Crippen LogP contribution is -2.57. The summed E-state index contributed by atoms with van der Waals surface area (Å²) in [5, 5.41) is 21.6. The number of aliphatic hydroxyl groups is 2. The van der Waals surface area contributed by atoms with Gasteiger partial charge in [0.05, 0.1) is 12.2 Å². The zero-order valence-electron chi connectivity index (χ0n) is 22.6. The molecule has 4 aliphatic rings. The number of rotatable bonds is 3. The smallest absolute Gasteiger partial charge is 0.0594 e. The molecule has 0 radical (unpaired) electrons. The predicted molar refractivity (Wildman–Crippen MR) is 134 cm³/mol. The van der Waals surface area contributed by atoms with E-state index in [0.717, 1.165) is 36.5 Å². The molecule has 2 N–H and O–H groups in total. The molecular formula is C30H54O2. The predicted octanol–water partition coefficient (Wildman–Crippen LogP) is 7.47. The molecule has 4 aliphatic carbocycles. The first kappa shape index (κ1) is 25.0. The van der Waals surface area contributed by atoms with Crippen molar-refractivity contribution >= 4 is 0 Å². The molecule has 0 unspecified atom stereocenters. The number of fused-ring (bicyclic) bond motifs is 2. The summed E-state index contributed by atoms with van der Waals surface area (Å²) in [5.41, 5.74) is 0.843. The first-order valence-electron chi connectivity index (χ1n) is 14.1. The van der Waals surface area contributed by atoms with Crippen LogP contribution < -0.4 is 0 Å². The Morgan fingerprint density at radius 1 is 0.562 bits per heavy atom. The van der Waals surface area contributed by atoms with Crippen molar-refractivity contribution in [3.63, 3.8) is 0 Å². The fraction of sp³-hybridized carbons (Fsp3) is 1.00. The van der Waals surface area contributed by atoms with Gasteiger partial charge in [0.2, 0.25) is 0 Å². The van der Waals surface area contributed by atoms with E-state index in [1.54, 1.807) is 0 Å². The summed E-state index contributed by atoms with van der Waals surface area (Å²) in [6.45, 7) is 19.6. The molecule has 0 aromatic carbocycles. The molecule has 0 bridgehead atoms. The molecule has 0 amide bonds. The van der Waals surface area contributed by atoms with Crippen LogP contribution in [-0.2, 0) is 0 Å². The highest BCUT2D eigenvalue weighted by molar-refractivity contribution is 5.08. The summed E-state index contributed by atoms with van der Waals surface area (Å²) in [4.78, 5) is 0. The van der Waals surface area contributed by atoms with Crippen LogP contribution in [0.4, 0.5) is 0 Å². The fourth-order valence-electron chi connectivity index (χ4n) is 10.6. The fourth-order valence-corrected chi connectivity index (χ4v) is 10.6. The van der Waals surface area contributed by atoms with Gasteiger partial charge in [0, 0.05) is 0 Å². The second-order valence-corrected chi connectivity index (χ2v) is 14.8. The van der Waals surface area contributed by atoms with Gasteiger partial charge in [-0.15, -0.1) is 0 Å². The Balaban J connectivity index is 1.56. The standard InChI is InChI=1S/C30H54O2/c1-19-9-13-23-27(3,4)25(31)15-17-29(23,7)21(19)11-12-22-20(2)10-14-24-28(5,6)26(32)16-18-30(22,24)8/h19-26,31-32H,9-18H2,1-8H3/t19-,20+,21-,22-,23-,24-,25-,26-,29+,30+/m0/s1. The molecule has 2 nitrogen and oxygen atoms in total. The van der Waals surface area contributed by atoms with E-state index in [-0.39, 0.29) is 23.0 Å². The molecule has 2 heteroatoms. The third kappa shape index (κ3) is 3.64. The number of aliphatic hydroxyl groups excluding tert-OH is 2. The van der Waals surface area contributed by atoms with Crippen molar-refractivity contribution in [2.45, 2.75) is 132 Å². The maximum atomic E-state index is 10.8. The average molecular weight is 447 g/mol. The van der Waals surface area contributed by atoms with Gasteiger partial charge in [-0.25, -0.2) is 0 Å². The molecule has 0 aromatic rings. The highest BCUT2D eigenvalue weighted by Crippen LogP contribution is 2.65. The van der Waals surface area contributed by atoms with Gasteiger partial charge >= 0.3 is 0 Å². The van der Waals surface area contributed by atoms with Gasteiger partial charge in [-0.1, -0.05) is 68.2 Å². The SMILES string of the molecule is C[C@@H]1CC[C@H]2C(C)(C)[C@@H](O)CC[C@]2(C)[C@H]1CC[C@H]1[C@@H](C)CC[C@H]2C(C)(C)[C@@H](O)CC[C@]12C. The van der Waals surface area contributed by atoms with E-state index < -0.39 is 0 Å². The van der Waals surface area contributed by atoms with Crippen LogP contribution in [-0.4, -0.2) is 22.4 Å². The molecule has 0 spiro atoms. The van der Waals surface area contributed by atoms with Crippen molar-refractivity contribution < 1.29 is 10.2 Å². The van der Waals surface area contributed by atoms with Crippen LogP contribution in [0, 0.1) is 57.2 Å². The summed E-state index contributed by atoms with van der Waals surface area (Å²) < 4.78 is 0. The van der Waals surface area contributed by atoms with Gasteiger partial charge in [-0.05, 0) is 109 Å². The van der Waals surface area contributed by atoms with Crippen molar-refractivity contribution in [1.29, 1.82) is 0 Å². The molecule has 0 aromatic heterocycles. The quantitative estimate of drug-likeness (QED) is 0.472. The third-order valence-corrected chi connectivity index (χ3v) is 12.7. The lowest BCUT2D eigenvalue weighted by atomic mass is 9.43. The summed E-state index contributed by atoms with van der Waals surface area (Å²) in [5.74, 6) is 4.47. The Morgan fingerprint density at radius 3 is 1.25 bits per heavy atom. The first-order valence-corrected chi connectivity index (χ1v) is 14.1. The minimum absolute atomic E-state index is 0.0458. The lowest BCUT2D eigenvalue weighted by Gasteiger charge is -2.62. The van der Waals surface area contributed by atoms with Crippen LogP contribution in [0.5, 0.6) is 0 Å². The number of hydrogen-bond acceptors (Lipinski definition) is 2. The van der Waals surface area contributed by atoms with Crippen LogP contribution in [0.25, 0.3) is 0 Å². The van der Waals surface area contributed by atoms with Crippen LogP contribution in [0.3, 0.4) is 0 Å². The summed E-state index contributed by atoms with van der Waals surface area (Å²) >= 11 is 0. The van der Waals surface area contributed by atoms with Crippen LogP contribution in [0.15, 0.2) is 0 Å². The Kier molecular flexibility index (Phi) is 6.45. The highest BCUT2D eigenvalue weighted by atomic mass is 16.3. The second kappa shape index (κ2) is 8.25. The van der Waals surface area contributed by atoms with Gasteiger partial charge in [-0.3, -0.25) is 0 Å². The minimum atomic E-state index is -0.136. The van der Waals surface area contributed by atoms with E-state index in [9.17, 15) is 10.2 Å². The van der Waals surface area contributed by atoms with Crippen molar-refractivity contribution in [3.8, 4) is 0 Å². The molecule has 186 valence electrons. The van der Waals surface area contributed by atoms with E-state index in [2.05, 4.69) is 55.4 Å². The number of hydrogen-bond donors (Lipinski definition) is 2. The van der Waals surface area contributed by atoms with Crippen LogP contribution in [0.2, 0.25) is 0 Å². The minimum Gasteiger partial charge on any atom is -0.393 e. The Labute approximate surface area is 199 Å². The average Bonchev–Trinajstić information content (AvgIpc) is 2.69. The maximum absolute atomic E-state index is 10.8. The molecule has 32 heavy (non-hydrogen) atoms.